The molecule has 0 aromatic carbocycles. The fraction of sp³-hybridized carbons (Fsp3) is 0.692. The first-order valence-electron chi connectivity index (χ1n) is 6.31. The summed E-state index contributed by atoms with van der Waals surface area (Å²) in [5.74, 6) is 1.17. The summed E-state index contributed by atoms with van der Waals surface area (Å²) >= 11 is 0. The highest BCUT2D eigenvalue weighted by atomic mass is 16.5. The zero-order valence-electron chi connectivity index (χ0n) is 11.2. The first kappa shape index (κ1) is 13.9. The van der Waals surface area contributed by atoms with Crippen LogP contribution in [0.4, 0.5) is 0 Å². The van der Waals surface area contributed by atoms with Crippen LogP contribution in [-0.4, -0.2) is 22.6 Å². The SMILES string of the molecule is CCCNCc1cncnc1OC(C)C(C)C. The number of ether oxygens (including phenoxy) is 1. The van der Waals surface area contributed by atoms with Crippen molar-refractivity contribution in [2.75, 3.05) is 6.54 Å². The summed E-state index contributed by atoms with van der Waals surface area (Å²) < 4.78 is 5.85. The summed E-state index contributed by atoms with van der Waals surface area (Å²) in [6, 6.07) is 0. The molecule has 4 nitrogen and oxygen atoms in total. The maximum Gasteiger partial charge on any atom is 0.221 e. The Kier molecular flexibility index (Phi) is 5.91. The standard InChI is InChI=1S/C13H23N3O/c1-5-6-14-7-12-8-15-9-16-13(12)17-11(4)10(2)3/h8-11,14H,5-7H2,1-4H3. The van der Waals surface area contributed by atoms with E-state index in [0.29, 0.717) is 11.8 Å². The fourth-order valence-corrected chi connectivity index (χ4v) is 1.29. The van der Waals surface area contributed by atoms with Crippen LogP contribution >= 0.6 is 0 Å². The molecule has 17 heavy (non-hydrogen) atoms. The van der Waals surface area contributed by atoms with Gasteiger partial charge in [-0.15, -0.1) is 0 Å². The van der Waals surface area contributed by atoms with E-state index in [4.69, 9.17) is 4.74 Å². The van der Waals surface area contributed by atoms with E-state index in [-0.39, 0.29) is 6.10 Å². The van der Waals surface area contributed by atoms with E-state index in [9.17, 15) is 0 Å². The highest BCUT2D eigenvalue weighted by molar-refractivity contribution is 5.22. The average Bonchev–Trinajstić information content (AvgIpc) is 2.31. The molecule has 1 aromatic heterocycles. The van der Waals surface area contributed by atoms with Crippen molar-refractivity contribution in [1.82, 2.24) is 15.3 Å². The molecule has 0 saturated carbocycles. The van der Waals surface area contributed by atoms with Crippen molar-refractivity contribution in [2.24, 2.45) is 5.92 Å². The van der Waals surface area contributed by atoms with Crippen LogP contribution in [0.5, 0.6) is 5.88 Å². The summed E-state index contributed by atoms with van der Waals surface area (Å²) in [7, 11) is 0. The summed E-state index contributed by atoms with van der Waals surface area (Å²) in [5, 5.41) is 3.33. The minimum atomic E-state index is 0.162. The number of nitrogens with zero attached hydrogens (tertiary/aromatic N) is 2. The lowest BCUT2D eigenvalue weighted by atomic mass is 10.1. The van der Waals surface area contributed by atoms with Crippen molar-refractivity contribution >= 4 is 0 Å². The molecule has 0 bridgehead atoms. The number of rotatable bonds is 7. The van der Waals surface area contributed by atoms with Crippen molar-refractivity contribution in [3.63, 3.8) is 0 Å². The van der Waals surface area contributed by atoms with E-state index in [1.807, 2.05) is 6.20 Å². The highest BCUT2D eigenvalue weighted by Gasteiger charge is 2.12. The van der Waals surface area contributed by atoms with Crippen LogP contribution in [-0.2, 0) is 6.54 Å². The van der Waals surface area contributed by atoms with Crippen LogP contribution in [0.3, 0.4) is 0 Å². The van der Waals surface area contributed by atoms with Gasteiger partial charge in [-0.2, -0.15) is 0 Å². The molecule has 1 rings (SSSR count). The van der Waals surface area contributed by atoms with Crippen molar-refractivity contribution in [2.45, 2.75) is 46.8 Å². The van der Waals surface area contributed by atoms with Gasteiger partial charge in [0.25, 0.3) is 0 Å². The molecule has 0 saturated heterocycles. The predicted molar refractivity (Wildman–Crippen MR) is 69.0 cm³/mol. The third-order valence-corrected chi connectivity index (χ3v) is 2.73. The minimum Gasteiger partial charge on any atom is -0.474 e. The Morgan fingerprint density at radius 2 is 2.12 bits per heavy atom. The third kappa shape index (κ3) is 4.69. The molecule has 4 heteroatoms. The zero-order chi connectivity index (χ0) is 12.7. The van der Waals surface area contributed by atoms with E-state index in [1.165, 1.54) is 6.33 Å². The second-order valence-electron chi connectivity index (χ2n) is 4.60. The number of hydrogen-bond donors (Lipinski definition) is 1. The normalized spacial score (nSPS) is 12.8. The molecule has 0 aliphatic rings. The predicted octanol–water partition coefficient (Wildman–Crippen LogP) is 2.40. The Balaban J connectivity index is 2.63. The molecule has 1 unspecified atom stereocenters. The Bertz CT molecular complexity index is 328. The van der Waals surface area contributed by atoms with Crippen molar-refractivity contribution < 1.29 is 4.74 Å². The van der Waals surface area contributed by atoms with Gasteiger partial charge in [-0.05, 0) is 25.8 Å². The first-order valence-corrected chi connectivity index (χ1v) is 6.31. The molecule has 0 aliphatic carbocycles. The topological polar surface area (TPSA) is 47.0 Å². The lowest BCUT2D eigenvalue weighted by Crippen LogP contribution is -2.21. The van der Waals surface area contributed by atoms with E-state index < -0.39 is 0 Å². The summed E-state index contributed by atoms with van der Waals surface area (Å²) in [6.07, 6.45) is 4.63. The minimum absolute atomic E-state index is 0.162. The fourth-order valence-electron chi connectivity index (χ4n) is 1.29. The maximum absolute atomic E-state index is 5.85. The van der Waals surface area contributed by atoms with Crippen LogP contribution < -0.4 is 10.1 Å². The molecule has 1 aromatic rings. The van der Waals surface area contributed by atoms with Crippen LogP contribution in [0.15, 0.2) is 12.5 Å². The summed E-state index contributed by atoms with van der Waals surface area (Å²) in [4.78, 5) is 8.25. The van der Waals surface area contributed by atoms with Gasteiger partial charge in [0.2, 0.25) is 5.88 Å². The van der Waals surface area contributed by atoms with Crippen LogP contribution in [0.2, 0.25) is 0 Å². The molecular formula is C13H23N3O. The van der Waals surface area contributed by atoms with E-state index >= 15 is 0 Å². The van der Waals surface area contributed by atoms with Gasteiger partial charge in [0.1, 0.15) is 6.33 Å². The van der Waals surface area contributed by atoms with Gasteiger partial charge in [0.05, 0.1) is 6.10 Å². The Hall–Kier alpha value is -1.16. The molecule has 96 valence electrons. The highest BCUT2D eigenvalue weighted by Crippen LogP contribution is 2.17. The Morgan fingerprint density at radius 1 is 1.35 bits per heavy atom. The monoisotopic (exact) mass is 237 g/mol. The third-order valence-electron chi connectivity index (χ3n) is 2.73. The Morgan fingerprint density at radius 3 is 2.76 bits per heavy atom. The van der Waals surface area contributed by atoms with Gasteiger partial charge < -0.3 is 10.1 Å². The lowest BCUT2D eigenvalue weighted by molar-refractivity contribution is 0.161. The molecule has 1 N–H and O–H groups in total. The van der Waals surface area contributed by atoms with E-state index in [1.54, 1.807) is 0 Å². The molecular weight excluding hydrogens is 214 g/mol. The second kappa shape index (κ2) is 7.22. The van der Waals surface area contributed by atoms with Crippen LogP contribution in [0.25, 0.3) is 0 Å². The lowest BCUT2D eigenvalue weighted by Gasteiger charge is -2.19. The zero-order valence-corrected chi connectivity index (χ0v) is 11.2. The van der Waals surface area contributed by atoms with Crippen LogP contribution in [0.1, 0.15) is 39.7 Å². The number of aromatic nitrogens is 2. The molecule has 0 aliphatic heterocycles. The van der Waals surface area contributed by atoms with Gasteiger partial charge in [0, 0.05) is 18.3 Å². The Labute approximate surface area is 104 Å². The average molecular weight is 237 g/mol. The van der Waals surface area contributed by atoms with Gasteiger partial charge in [-0.25, -0.2) is 9.97 Å². The number of nitrogens with one attached hydrogen (secondary N) is 1. The van der Waals surface area contributed by atoms with Crippen molar-refractivity contribution in [1.29, 1.82) is 0 Å². The number of hydrogen-bond acceptors (Lipinski definition) is 4. The first-order chi connectivity index (χ1) is 8.15. The van der Waals surface area contributed by atoms with Gasteiger partial charge >= 0.3 is 0 Å². The maximum atomic E-state index is 5.85. The molecule has 1 heterocycles. The van der Waals surface area contributed by atoms with E-state index in [2.05, 4.69) is 43.0 Å². The molecule has 1 atom stereocenters. The van der Waals surface area contributed by atoms with E-state index in [0.717, 1.165) is 25.1 Å². The second-order valence-corrected chi connectivity index (χ2v) is 4.60. The largest absolute Gasteiger partial charge is 0.474 e. The molecule has 0 fully saturated rings. The summed E-state index contributed by atoms with van der Waals surface area (Å²) in [6.45, 7) is 10.2. The van der Waals surface area contributed by atoms with Crippen LogP contribution in [0, 0.1) is 5.92 Å². The van der Waals surface area contributed by atoms with Gasteiger partial charge in [0.15, 0.2) is 0 Å². The smallest absolute Gasteiger partial charge is 0.221 e. The quantitative estimate of drug-likeness (QED) is 0.740. The van der Waals surface area contributed by atoms with Gasteiger partial charge in [-0.1, -0.05) is 20.8 Å². The molecule has 0 spiro atoms. The molecule has 0 radical (unpaired) electrons. The molecule has 0 amide bonds. The van der Waals surface area contributed by atoms with Gasteiger partial charge in [-0.3, -0.25) is 0 Å². The van der Waals surface area contributed by atoms with Crippen molar-refractivity contribution in [3.05, 3.63) is 18.1 Å². The summed E-state index contributed by atoms with van der Waals surface area (Å²) in [5.41, 5.74) is 1.02. The van der Waals surface area contributed by atoms with Crippen molar-refractivity contribution in [3.8, 4) is 5.88 Å².